The van der Waals surface area contributed by atoms with Crippen LogP contribution in [0.15, 0.2) is 88.4 Å². The number of furan rings is 1. The monoisotopic (exact) mass is 520 g/mol. The molecule has 0 aliphatic rings. The van der Waals surface area contributed by atoms with Gasteiger partial charge in [-0.3, -0.25) is 4.39 Å². The third kappa shape index (κ3) is 6.59. The Kier molecular flexibility index (Phi) is 9.92. The molecule has 0 fully saturated rings. The third-order valence-electron chi connectivity index (χ3n) is 5.29. The second-order valence-electron chi connectivity index (χ2n) is 7.43. The number of imidazole rings is 1. The van der Waals surface area contributed by atoms with Crippen LogP contribution >= 0.6 is 11.8 Å². The molecule has 0 radical (unpaired) electrons. The zero-order valence-electron chi connectivity index (χ0n) is 21.1. The van der Waals surface area contributed by atoms with Crippen LogP contribution in [-0.2, 0) is 5.75 Å². The molecular formula is C29H29FN2O4S. The maximum atomic E-state index is 11.2. The van der Waals surface area contributed by atoms with Crippen LogP contribution in [-0.4, -0.2) is 35.3 Å². The molecule has 5 rings (SSSR count). The lowest BCUT2D eigenvalue weighted by molar-refractivity contribution is 0.0697. The van der Waals surface area contributed by atoms with E-state index in [9.17, 15) is 14.3 Å². The number of nitrogens with zero attached hydrogens (tertiary/aromatic N) is 1. The van der Waals surface area contributed by atoms with Crippen LogP contribution in [0, 0.1) is 0 Å². The van der Waals surface area contributed by atoms with E-state index in [0.29, 0.717) is 24.5 Å². The minimum absolute atomic E-state index is 0.233. The van der Waals surface area contributed by atoms with Gasteiger partial charge in [0.2, 0.25) is 0 Å². The van der Waals surface area contributed by atoms with E-state index in [1.54, 1.807) is 43.1 Å². The topological polar surface area (TPSA) is 88.3 Å². The van der Waals surface area contributed by atoms with Crippen LogP contribution in [0.4, 0.5) is 4.39 Å². The lowest BCUT2D eigenvalue weighted by atomic mass is 10.1. The molecule has 0 aliphatic carbocycles. The number of H-pyrrole nitrogens is 1. The fourth-order valence-electron chi connectivity index (χ4n) is 3.61. The Bertz CT molecular complexity index is 1410. The summed E-state index contributed by atoms with van der Waals surface area (Å²) >= 11 is 1.59. The first kappa shape index (κ1) is 27.5. The van der Waals surface area contributed by atoms with Gasteiger partial charge in [-0.1, -0.05) is 62.0 Å². The Labute approximate surface area is 219 Å². The number of aromatic carboxylic acids is 1. The number of ether oxygens (including phenoxy) is 1. The Morgan fingerprint density at radius 3 is 2.41 bits per heavy atom. The van der Waals surface area contributed by atoms with Crippen LogP contribution in [0.3, 0.4) is 0 Å². The number of halogens is 1. The molecule has 0 atom stereocenters. The number of carbonyl (C=O) groups is 1. The predicted molar refractivity (Wildman–Crippen MR) is 147 cm³/mol. The predicted octanol–water partition coefficient (Wildman–Crippen LogP) is 8.10. The zero-order valence-corrected chi connectivity index (χ0v) is 21.9. The highest BCUT2D eigenvalue weighted by Gasteiger charge is 2.17. The maximum absolute atomic E-state index is 11.2. The second-order valence-corrected chi connectivity index (χ2v) is 8.39. The van der Waals surface area contributed by atoms with E-state index < -0.39 is 5.97 Å². The van der Waals surface area contributed by atoms with Gasteiger partial charge in [-0.25, -0.2) is 9.78 Å². The molecule has 2 aromatic heterocycles. The van der Waals surface area contributed by atoms with Crippen molar-refractivity contribution in [2.24, 2.45) is 0 Å². The summed E-state index contributed by atoms with van der Waals surface area (Å²) in [6, 6.07) is 24.3. The molecule has 2 heterocycles. The zero-order chi connectivity index (χ0) is 26.8. The number of benzene rings is 3. The van der Waals surface area contributed by atoms with Gasteiger partial charge < -0.3 is 19.2 Å². The highest BCUT2D eigenvalue weighted by atomic mass is 32.2. The number of fused-ring (bicyclic) bond motifs is 1. The lowest BCUT2D eigenvalue weighted by Crippen LogP contribution is -1.95. The normalized spacial score (nSPS) is 10.2. The van der Waals surface area contributed by atoms with Crippen molar-refractivity contribution < 1.29 is 23.4 Å². The van der Waals surface area contributed by atoms with Crippen molar-refractivity contribution >= 4 is 28.8 Å². The Morgan fingerprint density at radius 2 is 1.73 bits per heavy atom. The van der Waals surface area contributed by atoms with Gasteiger partial charge in [0, 0.05) is 22.4 Å². The molecule has 0 aliphatic heterocycles. The SMILES string of the molecule is CC.CF.COc1cccc(-c2cc(CSc3nc4ccccc4[nH]3)c(-c3ccc(C(=O)O)cc3)o2)c1. The van der Waals surface area contributed by atoms with Gasteiger partial charge in [-0.2, -0.15) is 0 Å². The molecule has 37 heavy (non-hydrogen) atoms. The summed E-state index contributed by atoms with van der Waals surface area (Å²) in [4.78, 5) is 19.2. The van der Waals surface area contributed by atoms with Crippen molar-refractivity contribution in [3.63, 3.8) is 0 Å². The van der Waals surface area contributed by atoms with E-state index in [0.717, 1.165) is 38.6 Å². The molecule has 2 N–H and O–H groups in total. The van der Waals surface area contributed by atoms with Gasteiger partial charge >= 0.3 is 5.97 Å². The Hall–Kier alpha value is -4.04. The number of aromatic nitrogens is 2. The summed E-state index contributed by atoms with van der Waals surface area (Å²) in [6.07, 6.45) is 0. The summed E-state index contributed by atoms with van der Waals surface area (Å²) in [5, 5.41) is 10.1. The van der Waals surface area contributed by atoms with Crippen molar-refractivity contribution in [2.75, 3.05) is 14.3 Å². The molecule has 0 saturated heterocycles. The minimum atomic E-state index is -0.960. The second kappa shape index (κ2) is 13.3. The fraction of sp³-hybridized carbons (Fsp3) is 0.172. The first-order chi connectivity index (χ1) is 18.1. The van der Waals surface area contributed by atoms with Gasteiger partial charge in [-0.05, 0) is 42.5 Å². The van der Waals surface area contributed by atoms with Crippen LogP contribution in [0.25, 0.3) is 33.7 Å². The average Bonchev–Trinajstić information content (AvgIpc) is 3.58. The molecule has 5 aromatic rings. The number of hydrogen-bond acceptors (Lipinski definition) is 5. The first-order valence-corrected chi connectivity index (χ1v) is 12.7. The first-order valence-electron chi connectivity index (χ1n) is 11.7. The van der Waals surface area contributed by atoms with Gasteiger partial charge in [0.1, 0.15) is 17.3 Å². The Morgan fingerprint density at radius 1 is 1.00 bits per heavy atom. The molecule has 6 nitrogen and oxygen atoms in total. The van der Waals surface area contributed by atoms with Gasteiger partial charge in [0.15, 0.2) is 5.16 Å². The fourth-order valence-corrected chi connectivity index (χ4v) is 4.46. The van der Waals surface area contributed by atoms with E-state index in [4.69, 9.17) is 9.15 Å². The van der Waals surface area contributed by atoms with Gasteiger partial charge in [0.25, 0.3) is 0 Å². The minimum Gasteiger partial charge on any atom is -0.497 e. The van der Waals surface area contributed by atoms with Crippen LogP contribution in [0.1, 0.15) is 29.8 Å². The standard InChI is InChI=1S/C26H20N2O4S.C2H6.CH3F/c1-31-20-6-4-5-18(13-20)23-14-19(15-33-26-27-21-7-2-3-8-22(21)28-26)24(32-23)16-9-11-17(12-10-16)25(29)30;2*1-2/h2-14H,15H2,1H3,(H,27,28)(H,29,30);1-2H3;1H3. The largest absolute Gasteiger partial charge is 0.497 e. The third-order valence-corrected chi connectivity index (χ3v) is 6.21. The number of carboxylic acid groups (broad SMARTS) is 1. The number of alkyl halides is 1. The van der Waals surface area contributed by atoms with E-state index in [2.05, 4.69) is 9.97 Å². The lowest BCUT2D eigenvalue weighted by Gasteiger charge is -2.03. The molecule has 3 aromatic carbocycles. The molecule has 8 heteroatoms. The van der Waals surface area contributed by atoms with Crippen LogP contribution < -0.4 is 4.74 Å². The smallest absolute Gasteiger partial charge is 0.335 e. The van der Waals surface area contributed by atoms with Crippen LogP contribution in [0.2, 0.25) is 0 Å². The van der Waals surface area contributed by atoms with Gasteiger partial charge in [-0.15, -0.1) is 0 Å². The summed E-state index contributed by atoms with van der Waals surface area (Å²) in [5.74, 6) is 1.83. The van der Waals surface area contributed by atoms with Gasteiger partial charge in [0.05, 0.1) is 30.9 Å². The van der Waals surface area contributed by atoms with Crippen molar-refractivity contribution in [1.29, 1.82) is 0 Å². The summed E-state index contributed by atoms with van der Waals surface area (Å²) in [5.41, 5.74) is 4.85. The maximum Gasteiger partial charge on any atom is 0.335 e. The average molecular weight is 521 g/mol. The number of thioether (sulfide) groups is 1. The summed E-state index contributed by atoms with van der Waals surface area (Å²) in [7, 11) is 2.13. The quantitative estimate of drug-likeness (QED) is 0.211. The van der Waals surface area contributed by atoms with Crippen molar-refractivity contribution in [3.05, 3.63) is 90.0 Å². The van der Waals surface area contributed by atoms with Crippen molar-refractivity contribution in [1.82, 2.24) is 9.97 Å². The summed E-state index contributed by atoms with van der Waals surface area (Å²) < 4.78 is 21.1. The highest BCUT2D eigenvalue weighted by molar-refractivity contribution is 7.98. The number of methoxy groups -OCH3 is 1. The molecular weight excluding hydrogens is 491 g/mol. The number of rotatable bonds is 7. The van der Waals surface area contributed by atoms with E-state index in [-0.39, 0.29) is 5.56 Å². The molecule has 192 valence electrons. The van der Waals surface area contributed by atoms with Crippen LogP contribution in [0.5, 0.6) is 5.75 Å². The summed E-state index contributed by atoms with van der Waals surface area (Å²) in [6.45, 7) is 4.00. The number of hydrogen-bond donors (Lipinski definition) is 2. The van der Waals surface area contributed by atoms with Crippen molar-refractivity contribution in [2.45, 2.75) is 24.8 Å². The highest BCUT2D eigenvalue weighted by Crippen LogP contribution is 2.37. The number of aromatic amines is 1. The molecule has 0 saturated carbocycles. The molecule has 0 unspecified atom stereocenters. The Balaban J connectivity index is 0.000000907. The van der Waals surface area contributed by atoms with E-state index >= 15 is 0 Å². The number of para-hydroxylation sites is 2. The van der Waals surface area contributed by atoms with E-state index in [1.807, 2.05) is 68.4 Å². The molecule has 0 bridgehead atoms. The number of carboxylic acids is 1. The molecule has 0 spiro atoms. The molecule has 0 amide bonds. The van der Waals surface area contributed by atoms with Crippen molar-refractivity contribution in [3.8, 4) is 28.4 Å². The number of nitrogens with one attached hydrogen (secondary N) is 1. The van der Waals surface area contributed by atoms with E-state index in [1.165, 1.54) is 0 Å².